The molecule has 0 bridgehead atoms. The van der Waals surface area contributed by atoms with Crippen molar-refractivity contribution in [2.75, 3.05) is 24.7 Å². The summed E-state index contributed by atoms with van der Waals surface area (Å²) in [4.78, 5) is 6.31. The molecule has 2 heterocycles. The van der Waals surface area contributed by atoms with E-state index in [0.717, 1.165) is 25.4 Å². The lowest BCUT2D eigenvalue weighted by molar-refractivity contribution is 0.0989. The van der Waals surface area contributed by atoms with Gasteiger partial charge in [-0.25, -0.2) is 4.98 Å². The lowest BCUT2D eigenvalue weighted by Crippen LogP contribution is -2.43. The third-order valence-corrected chi connectivity index (χ3v) is 2.56. The van der Waals surface area contributed by atoms with Crippen LogP contribution in [-0.4, -0.2) is 30.8 Å². The minimum absolute atomic E-state index is 0.369. The zero-order valence-electron chi connectivity index (χ0n) is 8.68. The Balaban J connectivity index is 2.18. The van der Waals surface area contributed by atoms with Crippen LogP contribution in [0.15, 0.2) is 18.3 Å². The average Bonchev–Trinajstić information content (AvgIpc) is 2.30. The second kappa shape index (κ2) is 4.28. The molecule has 78 valence electrons. The largest absolute Gasteiger partial charge is 0.377 e. The third-order valence-electron chi connectivity index (χ3n) is 2.56. The van der Waals surface area contributed by atoms with Crippen LogP contribution in [0.25, 0.3) is 0 Å². The van der Waals surface area contributed by atoms with Gasteiger partial charge < -0.3 is 9.64 Å². The minimum atomic E-state index is 0.369. The van der Waals surface area contributed by atoms with E-state index in [9.17, 15) is 0 Å². The van der Waals surface area contributed by atoms with E-state index < -0.39 is 0 Å². The van der Waals surface area contributed by atoms with Crippen molar-refractivity contribution in [1.29, 1.82) is 5.26 Å². The smallest absolute Gasteiger partial charge is 0.140 e. The molecule has 0 radical (unpaired) electrons. The Morgan fingerprint density at radius 1 is 1.60 bits per heavy atom. The SMILES string of the molecule is CC1COCCN1c1ccc(C#N)nc1. The monoisotopic (exact) mass is 203 g/mol. The molecule has 1 fully saturated rings. The Labute approximate surface area is 89.1 Å². The van der Waals surface area contributed by atoms with Crippen LogP contribution in [0, 0.1) is 11.3 Å². The molecule has 0 aliphatic carbocycles. The summed E-state index contributed by atoms with van der Waals surface area (Å²) in [5, 5.41) is 8.64. The molecule has 1 aromatic heterocycles. The summed E-state index contributed by atoms with van der Waals surface area (Å²) in [5.41, 5.74) is 1.52. The van der Waals surface area contributed by atoms with Crippen molar-refractivity contribution in [1.82, 2.24) is 4.98 Å². The summed E-state index contributed by atoms with van der Waals surface area (Å²) in [6.07, 6.45) is 1.75. The predicted octanol–water partition coefficient (Wildman–Crippen LogP) is 1.18. The first-order valence-corrected chi connectivity index (χ1v) is 5.02. The van der Waals surface area contributed by atoms with Crippen molar-refractivity contribution in [2.24, 2.45) is 0 Å². The molecule has 0 spiro atoms. The number of nitrogens with zero attached hydrogens (tertiary/aromatic N) is 3. The summed E-state index contributed by atoms with van der Waals surface area (Å²) in [6.45, 7) is 4.51. The lowest BCUT2D eigenvalue weighted by Gasteiger charge is -2.34. The first kappa shape index (κ1) is 9.94. The third kappa shape index (κ3) is 2.08. The van der Waals surface area contributed by atoms with Crippen LogP contribution in [0.3, 0.4) is 0 Å². The maximum absolute atomic E-state index is 8.64. The molecular formula is C11H13N3O. The molecule has 1 saturated heterocycles. The Morgan fingerprint density at radius 2 is 2.47 bits per heavy atom. The first-order valence-electron chi connectivity index (χ1n) is 5.02. The topological polar surface area (TPSA) is 49.1 Å². The van der Waals surface area contributed by atoms with E-state index in [1.807, 2.05) is 12.1 Å². The van der Waals surface area contributed by atoms with Gasteiger partial charge in [0.25, 0.3) is 0 Å². The molecule has 15 heavy (non-hydrogen) atoms. The van der Waals surface area contributed by atoms with E-state index in [1.54, 1.807) is 12.3 Å². The highest BCUT2D eigenvalue weighted by Crippen LogP contribution is 2.18. The van der Waals surface area contributed by atoms with Gasteiger partial charge in [0.2, 0.25) is 0 Å². The van der Waals surface area contributed by atoms with Crippen molar-refractivity contribution in [2.45, 2.75) is 13.0 Å². The van der Waals surface area contributed by atoms with Crippen molar-refractivity contribution >= 4 is 5.69 Å². The summed E-state index contributed by atoms with van der Waals surface area (Å²) >= 11 is 0. The number of aromatic nitrogens is 1. The van der Waals surface area contributed by atoms with Crippen LogP contribution < -0.4 is 4.90 Å². The summed E-state index contributed by atoms with van der Waals surface area (Å²) in [7, 11) is 0. The minimum Gasteiger partial charge on any atom is -0.377 e. The zero-order chi connectivity index (χ0) is 10.7. The number of rotatable bonds is 1. The maximum Gasteiger partial charge on any atom is 0.140 e. The molecule has 0 amide bonds. The number of morpholine rings is 1. The van der Waals surface area contributed by atoms with Crippen molar-refractivity contribution in [3.8, 4) is 6.07 Å². The lowest BCUT2D eigenvalue weighted by atomic mass is 10.2. The van der Waals surface area contributed by atoms with Crippen LogP contribution in [0.4, 0.5) is 5.69 Å². The van der Waals surface area contributed by atoms with Gasteiger partial charge in [-0.05, 0) is 19.1 Å². The fourth-order valence-corrected chi connectivity index (χ4v) is 1.73. The molecule has 4 heteroatoms. The normalized spacial score (nSPS) is 21.1. The van der Waals surface area contributed by atoms with Crippen LogP contribution in [0.5, 0.6) is 0 Å². The van der Waals surface area contributed by atoms with Crippen LogP contribution >= 0.6 is 0 Å². The molecule has 0 saturated carbocycles. The molecule has 1 unspecified atom stereocenters. The van der Waals surface area contributed by atoms with Gasteiger partial charge in [-0.1, -0.05) is 0 Å². The summed E-state index contributed by atoms with van der Waals surface area (Å²) in [6, 6.07) is 6.07. The molecule has 2 rings (SSSR count). The summed E-state index contributed by atoms with van der Waals surface area (Å²) in [5.74, 6) is 0. The fraction of sp³-hybridized carbons (Fsp3) is 0.455. The number of nitriles is 1. The van der Waals surface area contributed by atoms with E-state index >= 15 is 0 Å². The van der Waals surface area contributed by atoms with E-state index in [-0.39, 0.29) is 0 Å². The summed E-state index contributed by atoms with van der Waals surface area (Å²) < 4.78 is 5.36. The average molecular weight is 203 g/mol. The zero-order valence-corrected chi connectivity index (χ0v) is 8.68. The number of anilines is 1. The van der Waals surface area contributed by atoms with Gasteiger partial charge in [0.1, 0.15) is 11.8 Å². The molecule has 0 aromatic carbocycles. The number of hydrogen-bond donors (Lipinski definition) is 0. The maximum atomic E-state index is 8.64. The Hall–Kier alpha value is -1.60. The van der Waals surface area contributed by atoms with Gasteiger partial charge in [-0.15, -0.1) is 0 Å². The Morgan fingerprint density at radius 3 is 3.07 bits per heavy atom. The van der Waals surface area contributed by atoms with Crippen LogP contribution in [0.2, 0.25) is 0 Å². The highest BCUT2D eigenvalue weighted by molar-refractivity contribution is 5.47. The number of hydrogen-bond acceptors (Lipinski definition) is 4. The van der Waals surface area contributed by atoms with Gasteiger partial charge in [-0.3, -0.25) is 0 Å². The molecule has 1 aromatic rings. The Kier molecular flexibility index (Phi) is 2.84. The van der Waals surface area contributed by atoms with Gasteiger partial charge in [-0.2, -0.15) is 5.26 Å². The molecule has 1 aliphatic rings. The first-order chi connectivity index (χ1) is 7.31. The van der Waals surface area contributed by atoms with Crippen molar-refractivity contribution < 1.29 is 4.74 Å². The second-order valence-corrected chi connectivity index (χ2v) is 3.63. The number of pyridine rings is 1. The molecule has 0 N–H and O–H groups in total. The molecular weight excluding hydrogens is 190 g/mol. The van der Waals surface area contributed by atoms with E-state index in [0.29, 0.717) is 11.7 Å². The van der Waals surface area contributed by atoms with Gasteiger partial charge in [0, 0.05) is 12.6 Å². The Bertz CT molecular complexity index is 368. The fourth-order valence-electron chi connectivity index (χ4n) is 1.73. The predicted molar refractivity (Wildman–Crippen MR) is 56.6 cm³/mol. The van der Waals surface area contributed by atoms with Gasteiger partial charge >= 0.3 is 0 Å². The standard InChI is InChI=1S/C11H13N3O/c1-9-8-15-5-4-14(9)11-3-2-10(6-12)13-7-11/h2-3,7,9H,4-5,8H2,1H3. The molecule has 1 aliphatic heterocycles. The van der Waals surface area contributed by atoms with E-state index in [2.05, 4.69) is 16.8 Å². The van der Waals surface area contributed by atoms with Gasteiger partial charge in [0.15, 0.2) is 0 Å². The van der Waals surface area contributed by atoms with Gasteiger partial charge in [0.05, 0.1) is 25.1 Å². The second-order valence-electron chi connectivity index (χ2n) is 3.63. The van der Waals surface area contributed by atoms with E-state index in [1.165, 1.54) is 0 Å². The molecule has 1 atom stereocenters. The quantitative estimate of drug-likeness (QED) is 0.687. The van der Waals surface area contributed by atoms with Crippen molar-refractivity contribution in [3.05, 3.63) is 24.0 Å². The molecule has 4 nitrogen and oxygen atoms in total. The van der Waals surface area contributed by atoms with Crippen molar-refractivity contribution in [3.63, 3.8) is 0 Å². The van der Waals surface area contributed by atoms with Crippen LogP contribution in [0.1, 0.15) is 12.6 Å². The van der Waals surface area contributed by atoms with Crippen LogP contribution in [-0.2, 0) is 4.74 Å². The highest BCUT2D eigenvalue weighted by atomic mass is 16.5. The number of ether oxygens (including phenoxy) is 1. The highest BCUT2D eigenvalue weighted by Gasteiger charge is 2.18. The van der Waals surface area contributed by atoms with E-state index in [4.69, 9.17) is 10.00 Å².